The molecule has 0 amide bonds. The van der Waals surface area contributed by atoms with Crippen molar-refractivity contribution in [2.75, 3.05) is 20.1 Å². The minimum absolute atomic E-state index is 0.360. The summed E-state index contributed by atoms with van der Waals surface area (Å²) in [4.78, 5) is 2.80. The molecule has 0 aromatic heterocycles. The number of aryl methyl sites for hydroxylation is 1. The predicted molar refractivity (Wildman–Crippen MR) is 89.6 cm³/mol. The summed E-state index contributed by atoms with van der Waals surface area (Å²) in [6, 6.07) is 9.81. The van der Waals surface area contributed by atoms with Crippen molar-refractivity contribution in [1.29, 1.82) is 0 Å². The van der Waals surface area contributed by atoms with Crippen molar-refractivity contribution >= 4 is 0 Å². The summed E-state index contributed by atoms with van der Waals surface area (Å²) >= 11 is 0. The number of rotatable bonds is 5. The lowest BCUT2D eigenvalue weighted by molar-refractivity contribution is 0.0796. The summed E-state index contributed by atoms with van der Waals surface area (Å²) in [5, 5.41) is 3.67. The molecule has 1 saturated heterocycles. The molecule has 2 nitrogen and oxygen atoms in total. The fourth-order valence-corrected chi connectivity index (χ4v) is 4.63. The van der Waals surface area contributed by atoms with Crippen LogP contribution in [0, 0.1) is 0 Å². The van der Waals surface area contributed by atoms with Crippen molar-refractivity contribution < 1.29 is 0 Å². The highest BCUT2D eigenvalue weighted by Gasteiger charge is 2.46. The van der Waals surface area contributed by atoms with Gasteiger partial charge < -0.3 is 5.32 Å². The van der Waals surface area contributed by atoms with Gasteiger partial charge in [0.1, 0.15) is 0 Å². The van der Waals surface area contributed by atoms with Gasteiger partial charge in [-0.15, -0.1) is 0 Å². The van der Waals surface area contributed by atoms with Crippen molar-refractivity contribution in [1.82, 2.24) is 10.2 Å². The zero-order chi connectivity index (χ0) is 14.7. The zero-order valence-electron chi connectivity index (χ0n) is 13.7. The number of benzene rings is 1. The van der Waals surface area contributed by atoms with Gasteiger partial charge in [-0.2, -0.15) is 0 Å². The highest BCUT2D eigenvalue weighted by molar-refractivity contribution is 5.28. The molecule has 1 aliphatic carbocycles. The predicted octanol–water partition coefficient (Wildman–Crippen LogP) is 3.92. The van der Waals surface area contributed by atoms with Crippen LogP contribution in [0.15, 0.2) is 24.3 Å². The number of nitrogens with one attached hydrogen (secondary N) is 1. The zero-order valence-corrected chi connectivity index (χ0v) is 13.7. The standard InChI is InChI=1S/C19H30N2/c1-3-16-8-10-17(11-9-16)18(20-2)19(12-4-5-13-19)21-14-6-7-15-21/h8-11,18,20H,3-7,12-15H2,1-2H3. The third-order valence-corrected chi connectivity index (χ3v) is 5.75. The molecule has 1 atom stereocenters. The Kier molecular flexibility index (Phi) is 4.66. The summed E-state index contributed by atoms with van der Waals surface area (Å²) in [6.07, 6.45) is 9.38. The minimum Gasteiger partial charge on any atom is -0.311 e. The van der Waals surface area contributed by atoms with Crippen LogP contribution in [0.25, 0.3) is 0 Å². The molecule has 116 valence electrons. The lowest BCUT2D eigenvalue weighted by atomic mass is 9.82. The van der Waals surface area contributed by atoms with E-state index in [1.807, 2.05) is 0 Å². The molecule has 1 aromatic rings. The first kappa shape index (κ1) is 15.1. The van der Waals surface area contributed by atoms with Crippen LogP contribution in [0.4, 0.5) is 0 Å². The molecule has 2 fully saturated rings. The van der Waals surface area contributed by atoms with Crippen LogP contribution >= 0.6 is 0 Å². The van der Waals surface area contributed by atoms with E-state index in [0.29, 0.717) is 11.6 Å². The largest absolute Gasteiger partial charge is 0.311 e. The van der Waals surface area contributed by atoms with Crippen molar-refractivity contribution in [3.63, 3.8) is 0 Å². The molecular formula is C19H30N2. The first-order valence-corrected chi connectivity index (χ1v) is 8.81. The Hall–Kier alpha value is -0.860. The number of hydrogen-bond donors (Lipinski definition) is 1. The Morgan fingerprint density at radius 3 is 2.19 bits per heavy atom. The van der Waals surface area contributed by atoms with Crippen molar-refractivity contribution in [3.05, 3.63) is 35.4 Å². The molecule has 0 spiro atoms. The first-order valence-electron chi connectivity index (χ1n) is 8.81. The van der Waals surface area contributed by atoms with Crippen LogP contribution in [0.5, 0.6) is 0 Å². The van der Waals surface area contributed by atoms with E-state index in [9.17, 15) is 0 Å². The van der Waals surface area contributed by atoms with Gasteiger partial charge in [0, 0.05) is 5.54 Å². The Labute approximate surface area is 129 Å². The van der Waals surface area contributed by atoms with Crippen LogP contribution in [-0.4, -0.2) is 30.6 Å². The maximum atomic E-state index is 3.67. The molecule has 0 radical (unpaired) electrons. The SMILES string of the molecule is CCc1ccc(C(NC)C2(N3CCCC3)CCCC2)cc1. The molecule has 21 heavy (non-hydrogen) atoms. The highest BCUT2D eigenvalue weighted by atomic mass is 15.2. The van der Waals surface area contributed by atoms with E-state index in [1.165, 1.54) is 62.7 Å². The summed E-state index contributed by atoms with van der Waals surface area (Å²) in [6.45, 7) is 4.82. The molecule has 1 heterocycles. The summed E-state index contributed by atoms with van der Waals surface area (Å²) in [5.74, 6) is 0. The van der Waals surface area contributed by atoms with Crippen molar-refractivity contribution in [2.45, 2.75) is 63.5 Å². The smallest absolute Gasteiger partial charge is 0.0504 e. The van der Waals surface area contributed by atoms with E-state index >= 15 is 0 Å². The van der Waals surface area contributed by atoms with Gasteiger partial charge in [-0.25, -0.2) is 0 Å². The molecule has 1 aromatic carbocycles. The van der Waals surface area contributed by atoms with Crippen LogP contribution in [-0.2, 0) is 6.42 Å². The average Bonchev–Trinajstić information content (AvgIpc) is 3.21. The molecule has 1 unspecified atom stereocenters. The van der Waals surface area contributed by atoms with Gasteiger partial charge in [0.15, 0.2) is 0 Å². The number of nitrogens with zero attached hydrogens (tertiary/aromatic N) is 1. The lowest BCUT2D eigenvalue weighted by Crippen LogP contribution is -2.53. The van der Waals surface area contributed by atoms with Crippen LogP contribution in [0.1, 0.15) is 62.6 Å². The van der Waals surface area contributed by atoms with E-state index in [-0.39, 0.29) is 0 Å². The Morgan fingerprint density at radius 1 is 1.05 bits per heavy atom. The fraction of sp³-hybridized carbons (Fsp3) is 0.684. The summed E-state index contributed by atoms with van der Waals surface area (Å²) < 4.78 is 0. The molecule has 1 N–H and O–H groups in total. The Balaban J connectivity index is 1.90. The molecule has 2 heteroatoms. The summed E-state index contributed by atoms with van der Waals surface area (Å²) in [5.41, 5.74) is 3.28. The first-order chi connectivity index (χ1) is 10.3. The minimum atomic E-state index is 0.360. The summed E-state index contributed by atoms with van der Waals surface area (Å²) in [7, 11) is 2.15. The average molecular weight is 286 g/mol. The monoisotopic (exact) mass is 286 g/mol. The van der Waals surface area contributed by atoms with E-state index in [4.69, 9.17) is 0 Å². The van der Waals surface area contributed by atoms with Gasteiger partial charge in [-0.3, -0.25) is 4.90 Å². The second-order valence-electron chi connectivity index (χ2n) is 6.82. The fourth-order valence-electron chi connectivity index (χ4n) is 4.63. The molecule has 3 rings (SSSR count). The van der Waals surface area contributed by atoms with Crippen molar-refractivity contribution in [3.8, 4) is 0 Å². The topological polar surface area (TPSA) is 15.3 Å². The van der Waals surface area contributed by atoms with Gasteiger partial charge in [0.05, 0.1) is 6.04 Å². The third kappa shape index (κ3) is 2.76. The van der Waals surface area contributed by atoms with Gasteiger partial charge >= 0.3 is 0 Å². The maximum absolute atomic E-state index is 3.67. The van der Waals surface area contributed by atoms with Gasteiger partial charge in [0.25, 0.3) is 0 Å². The molecule has 2 aliphatic rings. The number of hydrogen-bond acceptors (Lipinski definition) is 2. The van der Waals surface area contributed by atoms with Crippen molar-refractivity contribution in [2.24, 2.45) is 0 Å². The maximum Gasteiger partial charge on any atom is 0.0504 e. The van der Waals surface area contributed by atoms with Gasteiger partial charge in [-0.1, -0.05) is 44.0 Å². The molecular weight excluding hydrogens is 256 g/mol. The second-order valence-corrected chi connectivity index (χ2v) is 6.82. The quantitative estimate of drug-likeness (QED) is 0.882. The lowest BCUT2D eigenvalue weighted by Gasteiger charge is -2.45. The third-order valence-electron chi connectivity index (χ3n) is 5.75. The van der Waals surface area contributed by atoms with Crippen LogP contribution < -0.4 is 5.32 Å². The highest BCUT2D eigenvalue weighted by Crippen LogP contribution is 2.45. The van der Waals surface area contributed by atoms with Crippen LogP contribution in [0.2, 0.25) is 0 Å². The second kappa shape index (κ2) is 6.50. The van der Waals surface area contributed by atoms with E-state index in [0.717, 1.165) is 6.42 Å². The molecule has 1 saturated carbocycles. The van der Waals surface area contributed by atoms with E-state index < -0.39 is 0 Å². The number of likely N-dealkylation sites (tertiary alicyclic amines) is 1. The Bertz CT molecular complexity index is 439. The van der Waals surface area contributed by atoms with E-state index in [2.05, 4.69) is 48.5 Å². The number of likely N-dealkylation sites (N-methyl/N-ethyl adjacent to an activating group) is 1. The molecule has 0 bridgehead atoms. The van der Waals surface area contributed by atoms with Crippen LogP contribution in [0.3, 0.4) is 0 Å². The Morgan fingerprint density at radius 2 is 1.67 bits per heavy atom. The van der Waals surface area contributed by atoms with Gasteiger partial charge in [-0.05, 0) is 63.4 Å². The normalized spacial score (nSPS) is 23.5. The van der Waals surface area contributed by atoms with E-state index in [1.54, 1.807) is 0 Å². The molecule has 1 aliphatic heterocycles. The van der Waals surface area contributed by atoms with Gasteiger partial charge in [0.2, 0.25) is 0 Å².